The largest absolute Gasteiger partial charge is 0.339 e. The van der Waals surface area contributed by atoms with Crippen molar-refractivity contribution in [2.45, 2.75) is 20.3 Å². The smallest absolute Gasteiger partial charge is 0.257 e. The van der Waals surface area contributed by atoms with E-state index in [0.717, 1.165) is 13.0 Å². The summed E-state index contributed by atoms with van der Waals surface area (Å²) < 4.78 is 0. The molecule has 88 valence electrons. The highest BCUT2D eigenvalue weighted by molar-refractivity contribution is 5.98. The number of carbonyl (C=O) groups is 1. The second kappa shape index (κ2) is 6.07. The van der Waals surface area contributed by atoms with Crippen LogP contribution in [0.3, 0.4) is 0 Å². The van der Waals surface area contributed by atoms with E-state index in [9.17, 15) is 4.79 Å². The normalized spacial score (nSPS) is 9.94. The first-order valence-electron chi connectivity index (χ1n) is 5.45. The molecular weight excluding hydrogens is 204 g/mol. The predicted octanol–water partition coefficient (Wildman–Crippen LogP) is 1.24. The lowest BCUT2D eigenvalue weighted by molar-refractivity contribution is 0.0765. The zero-order valence-corrected chi connectivity index (χ0v) is 9.73. The van der Waals surface area contributed by atoms with Crippen molar-refractivity contribution in [3.8, 4) is 0 Å². The second-order valence-electron chi connectivity index (χ2n) is 3.43. The van der Waals surface area contributed by atoms with Gasteiger partial charge in [-0.3, -0.25) is 4.79 Å². The first-order chi connectivity index (χ1) is 7.74. The quantitative estimate of drug-likeness (QED) is 0.581. The van der Waals surface area contributed by atoms with Gasteiger partial charge in [-0.15, -0.1) is 0 Å². The number of carbonyl (C=O) groups excluding carboxylic acids is 1. The first kappa shape index (κ1) is 12.4. The molecule has 0 atom stereocenters. The number of hydrogen-bond donors (Lipinski definition) is 2. The van der Waals surface area contributed by atoms with Crippen molar-refractivity contribution in [2.24, 2.45) is 5.84 Å². The summed E-state index contributed by atoms with van der Waals surface area (Å²) in [6, 6.07) is 3.46. The molecule has 0 aliphatic heterocycles. The van der Waals surface area contributed by atoms with Crippen molar-refractivity contribution >= 4 is 11.7 Å². The summed E-state index contributed by atoms with van der Waals surface area (Å²) in [4.78, 5) is 17.9. The van der Waals surface area contributed by atoms with Crippen LogP contribution in [0, 0.1) is 0 Å². The SMILES string of the molecule is CCCN(CC)C(=O)c1cccnc1NN. The van der Waals surface area contributed by atoms with Crippen LogP contribution in [-0.4, -0.2) is 28.9 Å². The van der Waals surface area contributed by atoms with Crippen LogP contribution in [0.15, 0.2) is 18.3 Å². The molecule has 0 aromatic carbocycles. The highest BCUT2D eigenvalue weighted by Crippen LogP contribution is 2.13. The Balaban J connectivity index is 2.93. The molecule has 0 unspecified atom stereocenters. The Bertz CT molecular complexity index is 354. The van der Waals surface area contributed by atoms with Gasteiger partial charge in [-0.1, -0.05) is 6.92 Å². The van der Waals surface area contributed by atoms with Crippen LogP contribution >= 0.6 is 0 Å². The van der Waals surface area contributed by atoms with E-state index in [2.05, 4.69) is 10.4 Å². The van der Waals surface area contributed by atoms with Crippen LogP contribution in [0.5, 0.6) is 0 Å². The molecule has 1 rings (SSSR count). The van der Waals surface area contributed by atoms with Gasteiger partial charge in [0, 0.05) is 19.3 Å². The zero-order valence-electron chi connectivity index (χ0n) is 9.73. The third-order valence-corrected chi connectivity index (χ3v) is 2.34. The molecule has 16 heavy (non-hydrogen) atoms. The van der Waals surface area contributed by atoms with Crippen LogP contribution in [-0.2, 0) is 0 Å². The highest BCUT2D eigenvalue weighted by Gasteiger charge is 2.16. The third-order valence-electron chi connectivity index (χ3n) is 2.34. The summed E-state index contributed by atoms with van der Waals surface area (Å²) in [5.74, 6) is 5.70. The van der Waals surface area contributed by atoms with Crippen molar-refractivity contribution in [2.75, 3.05) is 18.5 Å². The van der Waals surface area contributed by atoms with Crippen molar-refractivity contribution in [3.05, 3.63) is 23.9 Å². The van der Waals surface area contributed by atoms with Gasteiger partial charge in [-0.05, 0) is 25.5 Å². The molecule has 0 bridgehead atoms. The third kappa shape index (κ3) is 2.70. The van der Waals surface area contributed by atoms with Crippen LogP contribution < -0.4 is 11.3 Å². The molecule has 1 amide bonds. The molecule has 5 heteroatoms. The number of hydrazine groups is 1. The summed E-state index contributed by atoms with van der Waals surface area (Å²) in [5, 5.41) is 0. The van der Waals surface area contributed by atoms with Gasteiger partial charge in [0.15, 0.2) is 5.82 Å². The summed E-state index contributed by atoms with van der Waals surface area (Å²) >= 11 is 0. The molecule has 0 radical (unpaired) electrons. The molecular formula is C11H18N4O. The lowest BCUT2D eigenvalue weighted by Gasteiger charge is -2.20. The molecule has 0 saturated heterocycles. The summed E-state index contributed by atoms with van der Waals surface area (Å²) in [7, 11) is 0. The van der Waals surface area contributed by atoms with E-state index in [1.54, 1.807) is 23.2 Å². The van der Waals surface area contributed by atoms with E-state index >= 15 is 0 Å². The molecule has 3 N–H and O–H groups in total. The standard InChI is InChI=1S/C11H18N4O/c1-3-8-15(4-2)11(16)9-6-5-7-13-10(9)14-12/h5-7H,3-4,8,12H2,1-2H3,(H,13,14). The van der Waals surface area contributed by atoms with Crippen molar-refractivity contribution in [3.63, 3.8) is 0 Å². The maximum atomic E-state index is 12.1. The van der Waals surface area contributed by atoms with E-state index in [1.807, 2.05) is 13.8 Å². The number of amides is 1. The molecule has 0 spiro atoms. The number of rotatable bonds is 5. The van der Waals surface area contributed by atoms with Gasteiger partial charge in [0.1, 0.15) is 0 Å². The predicted molar refractivity (Wildman–Crippen MR) is 63.9 cm³/mol. The van der Waals surface area contributed by atoms with Crippen molar-refractivity contribution < 1.29 is 4.79 Å². The summed E-state index contributed by atoms with van der Waals surface area (Å²) in [6.07, 6.45) is 2.54. The van der Waals surface area contributed by atoms with E-state index in [4.69, 9.17) is 5.84 Å². The van der Waals surface area contributed by atoms with Crippen LogP contribution in [0.1, 0.15) is 30.6 Å². The molecule has 0 saturated carbocycles. The molecule has 0 aliphatic rings. The summed E-state index contributed by atoms with van der Waals surface area (Å²) in [5.41, 5.74) is 2.95. The number of nitrogens with zero attached hydrogens (tertiary/aromatic N) is 2. The average molecular weight is 222 g/mol. The lowest BCUT2D eigenvalue weighted by Crippen LogP contribution is -2.32. The molecule has 1 aromatic rings. The number of pyridine rings is 1. The fourth-order valence-corrected chi connectivity index (χ4v) is 1.54. The number of nitrogens with one attached hydrogen (secondary N) is 1. The minimum Gasteiger partial charge on any atom is -0.339 e. The molecule has 5 nitrogen and oxygen atoms in total. The van der Waals surface area contributed by atoms with E-state index in [0.29, 0.717) is 17.9 Å². The van der Waals surface area contributed by atoms with Gasteiger partial charge < -0.3 is 10.3 Å². The number of nitrogen functional groups attached to an aromatic ring is 1. The highest BCUT2D eigenvalue weighted by atomic mass is 16.2. The van der Waals surface area contributed by atoms with Gasteiger partial charge in [0.2, 0.25) is 0 Å². The molecule has 1 aromatic heterocycles. The Morgan fingerprint density at radius 2 is 2.31 bits per heavy atom. The monoisotopic (exact) mass is 222 g/mol. The number of aromatic nitrogens is 1. The van der Waals surface area contributed by atoms with Crippen LogP contribution in [0.2, 0.25) is 0 Å². The molecule has 0 aliphatic carbocycles. The maximum absolute atomic E-state index is 12.1. The Labute approximate surface area is 95.6 Å². The van der Waals surface area contributed by atoms with Crippen LogP contribution in [0.4, 0.5) is 5.82 Å². The molecule has 1 heterocycles. The Morgan fingerprint density at radius 3 is 2.88 bits per heavy atom. The zero-order chi connectivity index (χ0) is 12.0. The van der Waals surface area contributed by atoms with E-state index < -0.39 is 0 Å². The first-order valence-corrected chi connectivity index (χ1v) is 5.45. The summed E-state index contributed by atoms with van der Waals surface area (Å²) in [6.45, 7) is 5.43. The van der Waals surface area contributed by atoms with Crippen LogP contribution in [0.25, 0.3) is 0 Å². The lowest BCUT2D eigenvalue weighted by atomic mass is 10.2. The van der Waals surface area contributed by atoms with E-state index in [-0.39, 0.29) is 5.91 Å². The van der Waals surface area contributed by atoms with Gasteiger partial charge in [-0.25, -0.2) is 10.8 Å². The Kier molecular flexibility index (Phi) is 4.72. The topological polar surface area (TPSA) is 71.2 Å². The van der Waals surface area contributed by atoms with Gasteiger partial charge in [-0.2, -0.15) is 0 Å². The number of anilines is 1. The van der Waals surface area contributed by atoms with Gasteiger partial charge in [0.05, 0.1) is 5.56 Å². The molecule has 0 fully saturated rings. The maximum Gasteiger partial charge on any atom is 0.257 e. The number of nitrogens with two attached hydrogens (primary N) is 1. The minimum absolute atomic E-state index is 0.0367. The second-order valence-corrected chi connectivity index (χ2v) is 3.43. The average Bonchev–Trinajstić information content (AvgIpc) is 2.35. The van der Waals surface area contributed by atoms with E-state index in [1.165, 1.54) is 0 Å². The minimum atomic E-state index is -0.0367. The Hall–Kier alpha value is -1.62. The fourth-order valence-electron chi connectivity index (χ4n) is 1.54. The fraction of sp³-hybridized carbons (Fsp3) is 0.455. The Morgan fingerprint density at radius 1 is 1.56 bits per heavy atom. The van der Waals surface area contributed by atoms with Gasteiger partial charge >= 0.3 is 0 Å². The van der Waals surface area contributed by atoms with Crippen molar-refractivity contribution in [1.82, 2.24) is 9.88 Å². The van der Waals surface area contributed by atoms with Crippen molar-refractivity contribution in [1.29, 1.82) is 0 Å². The number of hydrogen-bond acceptors (Lipinski definition) is 4. The van der Waals surface area contributed by atoms with Gasteiger partial charge in [0.25, 0.3) is 5.91 Å².